The molecule has 0 aromatic carbocycles. The van der Waals surface area contributed by atoms with Gasteiger partial charge in [0, 0.05) is 31.9 Å². The molecule has 2 heterocycles. The van der Waals surface area contributed by atoms with Crippen molar-refractivity contribution in [3.63, 3.8) is 0 Å². The van der Waals surface area contributed by atoms with Gasteiger partial charge in [-0.25, -0.2) is 0 Å². The number of hydrogen-bond donors (Lipinski definition) is 1. The van der Waals surface area contributed by atoms with Gasteiger partial charge in [-0.1, -0.05) is 0 Å². The topological polar surface area (TPSA) is 47.1 Å². The van der Waals surface area contributed by atoms with Crippen LogP contribution in [0.25, 0.3) is 0 Å². The van der Waals surface area contributed by atoms with Crippen molar-refractivity contribution in [2.45, 2.75) is 25.8 Å². The second-order valence-electron chi connectivity index (χ2n) is 4.84. The molecule has 1 aromatic heterocycles. The summed E-state index contributed by atoms with van der Waals surface area (Å²) in [6.07, 6.45) is 7.90. The van der Waals surface area contributed by atoms with E-state index >= 15 is 0 Å². The van der Waals surface area contributed by atoms with E-state index in [0.29, 0.717) is 0 Å². The van der Waals surface area contributed by atoms with Crippen LogP contribution in [0, 0.1) is 5.92 Å². The smallest absolute Gasteiger partial charge is 0.0534 e. The number of piperidine rings is 1. The van der Waals surface area contributed by atoms with Gasteiger partial charge >= 0.3 is 0 Å². The zero-order valence-corrected chi connectivity index (χ0v) is 11.3. The highest BCUT2D eigenvalue weighted by Crippen LogP contribution is 2.20. The summed E-state index contributed by atoms with van der Waals surface area (Å²) >= 11 is 0. The van der Waals surface area contributed by atoms with E-state index in [1.165, 1.54) is 37.9 Å². The lowest BCUT2D eigenvalue weighted by Crippen LogP contribution is -2.35. The van der Waals surface area contributed by atoms with Crippen molar-refractivity contribution in [3.05, 3.63) is 18.0 Å². The zero-order chi connectivity index (χ0) is 11.4. The van der Waals surface area contributed by atoms with E-state index < -0.39 is 0 Å². The Labute approximate surface area is 110 Å². The van der Waals surface area contributed by atoms with E-state index in [9.17, 15) is 0 Å². The molecule has 0 spiro atoms. The highest BCUT2D eigenvalue weighted by Gasteiger charge is 2.19. The van der Waals surface area contributed by atoms with E-state index in [4.69, 9.17) is 5.73 Å². The standard InChI is InChI=1S/C12H22N4.ClH/c1-15-8-12(7-14-15)10-16-6-2-3-11(9-16)4-5-13;/h7-8,11H,2-6,9-10,13H2,1H3;1H. The van der Waals surface area contributed by atoms with Crippen LogP contribution in [-0.4, -0.2) is 34.3 Å². The highest BCUT2D eigenvalue weighted by atomic mass is 35.5. The van der Waals surface area contributed by atoms with Gasteiger partial charge in [0.1, 0.15) is 0 Å². The molecule has 98 valence electrons. The molecule has 17 heavy (non-hydrogen) atoms. The summed E-state index contributed by atoms with van der Waals surface area (Å²) in [5, 5.41) is 4.21. The Balaban J connectivity index is 0.00000144. The Hall–Kier alpha value is -0.580. The molecule has 2 N–H and O–H groups in total. The summed E-state index contributed by atoms with van der Waals surface area (Å²) in [4.78, 5) is 2.53. The van der Waals surface area contributed by atoms with Crippen molar-refractivity contribution in [2.24, 2.45) is 18.7 Å². The molecule has 1 aliphatic rings. The number of halogens is 1. The first-order valence-electron chi connectivity index (χ1n) is 6.18. The number of aromatic nitrogens is 2. The van der Waals surface area contributed by atoms with Crippen molar-refractivity contribution in [1.29, 1.82) is 0 Å². The maximum atomic E-state index is 5.63. The number of nitrogens with zero attached hydrogens (tertiary/aromatic N) is 3. The van der Waals surface area contributed by atoms with Crippen LogP contribution < -0.4 is 5.73 Å². The Kier molecular flexibility index (Phi) is 5.95. The van der Waals surface area contributed by atoms with Crippen LogP contribution in [0.2, 0.25) is 0 Å². The van der Waals surface area contributed by atoms with Crippen LogP contribution in [0.1, 0.15) is 24.8 Å². The fourth-order valence-electron chi connectivity index (χ4n) is 2.58. The third kappa shape index (κ3) is 4.30. The van der Waals surface area contributed by atoms with Gasteiger partial charge in [-0.15, -0.1) is 12.4 Å². The first-order valence-corrected chi connectivity index (χ1v) is 6.18. The molecule has 2 rings (SSSR count). The molecule has 0 bridgehead atoms. The Bertz CT molecular complexity index is 324. The van der Waals surface area contributed by atoms with Gasteiger partial charge < -0.3 is 5.73 Å². The van der Waals surface area contributed by atoms with Crippen LogP contribution in [0.5, 0.6) is 0 Å². The predicted molar refractivity (Wildman–Crippen MR) is 72.1 cm³/mol. The second kappa shape index (κ2) is 6.99. The fraction of sp³-hybridized carbons (Fsp3) is 0.750. The third-order valence-corrected chi connectivity index (χ3v) is 3.34. The first-order chi connectivity index (χ1) is 7.78. The number of hydrogen-bond acceptors (Lipinski definition) is 3. The monoisotopic (exact) mass is 258 g/mol. The van der Waals surface area contributed by atoms with Gasteiger partial charge in [-0.2, -0.15) is 5.10 Å². The first kappa shape index (κ1) is 14.5. The summed E-state index contributed by atoms with van der Waals surface area (Å²) in [7, 11) is 1.97. The summed E-state index contributed by atoms with van der Waals surface area (Å²) < 4.78 is 1.87. The fourth-order valence-corrected chi connectivity index (χ4v) is 2.58. The minimum Gasteiger partial charge on any atom is -0.330 e. The van der Waals surface area contributed by atoms with Crippen LogP contribution in [0.4, 0.5) is 0 Å². The lowest BCUT2D eigenvalue weighted by molar-refractivity contribution is 0.163. The average Bonchev–Trinajstić information content (AvgIpc) is 2.65. The lowest BCUT2D eigenvalue weighted by Gasteiger charge is -2.32. The molecule has 0 radical (unpaired) electrons. The Morgan fingerprint density at radius 1 is 1.53 bits per heavy atom. The van der Waals surface area contributed by atoms with Crippen LogP contribution in [0.3, 0.4) is 0 Å². The van der Waals surface area contributed by atoms with E-state index in [1.54, 1.807) is 0 Å². The Morgan fingerprint density at radius 2 is 2.35 bits per heavy atom. The summed E-state index contributed by atoms with van der Waals surface area (Å²) in [6.45, 7) is 4.28. The van der Waals surface area contributed by atoms with Gasteiger partial charge in [0.2, 0.25) is 0 Å². The summed E-state index contributed by atoms with van der Waals surface area (Å²) in [5.74, 6) is 0.801. The average molecular weight is 259 g/mol. The molecular formula is C12H23ClN4. The molecular weight excluding hydrogens is 236 g/mol. The van der Waals surface area contributed by atoms with Crippen molar-refractivity contribution in [1.82, 2.24) is 14.7 Å². The third-order valence-electron chi connectivity index (χ3n) is 3.34. The molecule has 1 atom stereocenters. The van der Waals surface area contributed by atoms with Crippen molar-refractivity contribution in [2.75, 3.05) is 19.6 Å². The minimum absolute atomic E-state index is 0. The number of nitrogens with two attached hydrogens (primary N) is 1. The van der Waals surface area contributed by atoms with Crippen LogP contribution in [-0.2, 0) is 13.6 Å². The maximum absolute atomic E-state index is 5.63. The number of aryl methyl sites for hydroxylation is 1. The van der Waals surface area contributed by atoms with Crippen molar-refractivity contribution in [3.8, 4) is 0 Å². The lowest BCUT2D eigenvalue weighted by atomic mass is 9.95. The van der Waals surface area contributed by atoms with Gasteiger partial charge in [0.15, 0.2) is 0 Å². The molecule has 1 unspecified atom stereocenters. The van der Waals surface area contributed by atoms with E-state index in [2.05, 4.69) is 16.2 Å². The normalized spacial score (nSPS) is 21.2. The maximum Gasteiger partial charge on any atom is 0.0534 e. The quantitative estimate of drug-likeness (QED) is 0.888. The predicted octanol–water partition coefficient (Wildman–Crippen LogP) is 1.40. The number of likely N-dealkylation sites (tertiary alicyclic amines) is 1. The SMILES string of the molecule is Cl.Cn1cc(CN2CCCC(CCN)C2)cn1. The molecule has 1 aliphatic heterocycles. The largest absolute Gasteiger partial charge is 0.330 e. The number of rotatable bonds is 4. The van der Waals surface area contributed by atoms with E-state index in [-0.39, 0.29) is 12.4 Å². The second-order valence-corrected chi connectivity index (χ2v) is 4.84. The molecule has 1 saturated heterocycles. The highest BCUT2D eigenvalue weighted by molar-refractivity contribution is 5.85. The molecule has 0 amide bonds. The van der Waals surface area contributed by atoms with E-state index in [0.717, 1.165) is 19.0 Å². The van der Waals surface area contributed by atoms with Crippen LogP contribution >= 0.6 is 12.4 Å². The van der Waals surface area contributed by atoms with Gasteiger partial charge in [0.25, 0.3) is 0 Å². The van der Waals surface area contributed by atoms with Gasteiger partial charge in [-0.05, 0) is 38.3 Å². The molecule has 1 fully saturated rings. The Morgan fingerprint density at radius 3 is 3.00 bits per heavy atom. The molecule has 1 aromatic rings. The summed E-state index contributed by atoms with van der Waals surface area (Å²) in [5.41, 5.74) is 6.94. The van der Waals surface area contributed by atoms with Gasteiger partial charge in [0.05, 0.1) is 6.20 Å². The molecule has 0 saturated carbocycles. The molecule has 0 aliphatic carbocycles. The molecule has 5 heteroatoms. The van der Waals surface area contributed by atoms with Gasteiger partial charge in [-0.3, -0.25) is 9.58 Å². The molecule has 4 nitrogen and oxygen atoms in total. The van der Waals surface area contributed by atoms with Crippen LogP contribution in [0.15, 0.2) is 12.4 Å². The van der Waals surface area contributed by atoms with Crippen molar-refractivity contribution >= 4 is 12.4 Å². The van der Waals surface area contributed by atoms with E-state index in [1.807, 2.05) is 17.9 Å². The summed E-state index contributed by atoms with van der Waals surface area (Å²) in [6, 6.07) is 0. The van der Waals surface area contributed by atoms with Crippen molar-refractivity contribution < 1.29 is 0 Å². The zero-order valence-electron chi connectivity index (χ0n) is 10.5. The minimum atomic E-state index is 0.